The van der Waals surface area contributed by atoms with Crippen molar-refractivity contribution in [2.24, 2.45) is 0 Å². The Morgan fingerprint density at radius 1 is 1.07 bits per heavy atom. The van der Waals surface area contributed by atoms with Crippen molar-refractivity contribution in [2.75, 3.05) is 24.3 Å². The van der Waals surface area contributed by atoms with E-state index in [9.17, 15) is 0 Å². The molecular formula is C21H26N6O2. The molecule has 0 amide bonds. The second-order valence-corrected chi connectivity index (χ2v) is 7.76. The van der Waals surface area contributed by atoms with Gasteiger partial charge in [-0.05, 0) is 30.5 Å². The van der Waals surface area contributed by atoms with Crippen molar-refractivity contribution in [1.82, 2.24) is 19.7 Å². The van der Waals surface area contributed by atoms with Gasteiger partial charge < -0.3 is 20.5 Å². The van der Waals surface area contributed by atoms with Crippen LogP contribution in [0.4, 0.5) is 11.8 Å². The number of hydrogen-bond acceptors (Lipinski definition) is 7. The van der Waals surface area contributed by atoms with Gasteiger partial charge >= 0.3 is 0 Å². The van der Waals surface area contributed by atoms with Gasteiger partial charge in [0.25, 0.3) is 0 Å². The summed E-state index contributed by atoms with van der Waals surface area (Å²) in [6.45, 7) is 1.87. The lowest BCUT2D eigenvalue weighted by Gasteiger charge is -2.24. The van der Waals surface area contributed by atoms with E-state index in [1.807, 2.05) is 29.2 Å². The highest BCUT2D eigenvalue weighted by Gasteiger charge is 2.18. The number of nitrogen functional groups attached to an aromatic ring is 1. The number of benzene rings is 1. The van der Waals surface area contributed by atoms with Crippen LogP contribution in [-0.4, -0.2) is 45.3 Å². The van der Waals surface area contributed by atoms with Crippen LogP contribution in [0.3, 0.4) is 0 Å². The Hall–Kier alpha value is -2.71. The largest absolute Gasteiger partial charge is 0.368 e. The minimum atomic E-state index is -0.220. The van der Waals surface area contributed by atoms with Crippen molar-refractivity contribution in [3.8, 4) is 11.1 Å². The van der Waals surface area contributed by atoms with Gasteiger partial charge in [0.05, 0.1) is 31.5 Å². The summed E-state index contributed by atoms with van der Waals surface area (Å²) in [5, 5.41) is 9.05. The first kappa shape index (κ1) is 18.3. The SMILES string of the molecule is Nc1nc(NC2CCCCC2)c2cc(-c3cnn(CC4OCCO4)c3)ccc2n1. The molecule has 29 heavy (non-hydrogen) atoms. The van der Waals surface area contributed by atoms with Crippen LogP contribution in [0.25, 0.3) is 22.0 Å². The lowest BCUT2D eigenvalue weighted by atomic mass is 9.95. The topological polar surface area (TPSA) is 100 Å². The van der Waals surface area contributed by atoms with Crippen LogP contribution in [0.2, 0.25) is 0 Å². The van der Waals surface area contributed by atoms with E-state index in [0.29, 0.717) is 31.7 Å². The van der Waals surface area contributed by atoms with Crippen molar-refractivity contribution >= 4 is 22.7 Å². The van der Waals surface area contributed by atoms with Crippen molar-refractivity contribution < 1.29 is 9.47 Å². The summed E-state index contributed by atoms with van der Waals surface area (Å²) < 4.78 is 12.9. The highest BCUT2D eigenvalue weighted by molar-refractivity contribution is 5.93. The normalized spacial score (nSPS) is 18.5. The van der Waals surface area contributed by atoms with Crippen molar-refractivity contribution in [2.45, 2.75) is 51.0 Å². The molecule has 1 saturated carbocycles. The Balaban J connectivity index is 1.43. The van der Waals surface area contributed by atoms with Gasteiger partial charge in [0.2, 0.25) is 5.95 Å². The van der Waals surface area contributed by atoms with Crippen LogP contribution in [0.5, 0.6) is 0 Å². The average molecular weight is 394 g/mol. The zero-order valence-electron chi connectivity index (χ0n) is 16.4. The number of aromatic nitrogens is 4. The van der Waals surface area contributed by atoms with Gasteiger partial charge in [-0.3, -0.25) is 4.68 Å². The van der Waals surface area contributed by atoms with Gasteiger partial charge in [-0.25, -0.2) is 4.98 Å². The van der Waals surface area contributed by atoms with Crippen LogP contribution < -0.4 is 11.1 Å². The zero-order valence-corrected chi connectivity index (χ0v) is 16.4. The molecule has 5 rings (SSSR count). The molecular weight excluding hydrogens is 368 g/mol. The molecule has 3 N–H and O–H groups in total. The molecule has 2 fully saturated rings. The molecule has 0 radical (unpaired) electrons. The number of rotatable bonds is 5. The number of anilines is 2. The van der Waals surface area contributed by atoms with Crippen molar-refractivity contribution in [3.05, 3.63) is 30.6 Å². The van der Waals surface area contributed by atoms with Gasteiger partial charge in [0.15, 0.2) is 6.29 Å². The van der Waals surface area contributed by atoms with E-state index in [4.69, 9.17) is 15.2 Å². The maximum atomic E-state index is 5.96. The van der Waals surface area contributed by atoms with Gasteiger partial charge in [-0.15, -0.1) is 0 Å². The van der Waals surface area contributed by atoms with E-state index in [1.165, 1.54) is 32.1 Å². The second kappa shape index (κ2) is 7.96. The quantitative estimate of drug-likeness (QED) is 0.685. The van der Waals surface area contributed by atoms with E-state index in [-0.39, 0.29) is 6.29 Å². The molecule has 1 aliphatic carbocycles. The third kappa shape index (κ3) is 4.04. The first-order chi connectivity index (χ1) is 14.2. The van der Waals surface area contributed by atoms with E-state index in [0.717, 1.165) is 27.8 Å². The van der Waals surface area contributed by atoms with Gasteiger partial charge in [0.1, 0.15) is 5.82 Å². The molecule has 0 unspecified atom stereocenters. The standard InChI is InChI=1S/C21H26N6O2/c22-21-25-18-7-6-14(15-11-23-27(12-15)13-19-28-8-9-29-19)10-17(18)20(26-21)24-16-4-2-1-3-5-16/h6-7,10-12,16,19H,1-5,8-9,13H2,(H3,22,24,25,26). The molecule has 1 aliphatic heterocycles. The number of nitrogens with one attached hydrogen (secondary N) is 1. The van der Waals surface area contributed by atoms with Crippen molar-refractivity contribution in [1.29, 1.82) is 0 Å². The summed E-state index contributed by atoms with van der Waals surface area (Å²) in [6, 6.07) is 6.60. The molecule has 152 valence electrons. The molecule has 0 bridgehead atoms. The minimum Gasteiger partial charge on any atom is -0.368 e. The first-order valence-electron chi connectivity index (χ1n) is 10.3. The third-order valence-corrected chi connectivity index (χ3v) is 5.65. The summed E-state index contributed by atoms with van der Waals surface area (Å²) in [5.74, 6) is 1.12. The first-order valence-corrected chi connectivity index (χ1v) is 10.3. The monoisotopic (exact) mass is 394 g/mol. The molecule has 1 saturated heterocycles. The number of nitrogens with zero attached hydrogens (tertiary/aromatic N) is 4. The predicted molar refractivity (Wildman–Crippen MR) is 111 cm³/mol. The number of ether oxygens (including phenoxy) is 2. The van der Waals surface area contributed by atoms with Crippen LogP contribution >= 0.6 is 0 Å². The van der Waals surface area contributed by atoms with Gasteiger partial charge in [-0.1, -0.05) is 25.3 Å². The predicted octanol–water partition coefficient (Wildman–Crippen LogP) is 3.19. The molecule has 8 nitrogen and oxygen atoms in total. The number of hydrogen-bond donors (Lipinski definition) is 2. The van der Waals surface area contributed by atoms with Crippen LogP contribution in [0.15, 0.2) is 30.6 Å². The lowest BCUT2D eigenvalue weighted by molar-refractivity contribution is -0.0545. The summed E-state index contributed by atoms with van der Waals surface area (Å²) >= 11 is 0. The molecule has 0 spiro atoms. The Morgan fingerprint density at radius 2 is 1.90 bits per heavy atom. The maximum absolute atomic E-state index is 5.96. The van der Waals surface area contributed by atoms with Crippen LogP contribution in [0, 0.1) is 0 Å². The average Bonchev–Trinajstić information content (AvgIpc) is 3.41. The molecule has 0 atom stereocenters. The Morgan fingerprint density at radius 3 is 2.72 bits per heavy atom. The molecule has 8 heteroatoms. The van der Waals surface area contributed by atoms with Crippen LogP contribution in [-0.2, 0) is 16.0 Å². The fourth-order valence-electron chi connectivity index (χ4n) is 4.15. The van der Waals surface area contributed by atoms with E-state index in [2.05, 4.69) is 26.4 Å². The van der Waals surface area contributed by atoms with Gasteiger partial charge in [0, 0.05) is 23.2 Å². The highest BCUT2D eigenvalue weighted by Crippen LogP contribution is 2.30. The molecule has 3 aromatic rings. The van der Waals surface area contributed by atoms with Crippen molar-refractivity contribution in [3.63, 3.8) is 0 Å². The van der Waals surface area contributed by atoms with E-state index < -0.39 is 0 Å². The lowest BCUT2D eigenvalue weighted by Crippen LogP contribution is -2.23. The fourth-order valence-corrected chi connectivity index (χ4v) is 4.15. The van der Waals surface area contributed by atoms with Crippen LogP contribution in [0.1, 0.15) is 32.1 Å². The Kier molecular flexibility index (Phi) is 5.03. The van der Waals surface area contributed by atoms with E-state index >= 15 is 0 Å². The smallest absolute Gasteiger partial charge is 0.222 e. The number of fused-ring (bicyclic) bond motifs is 1. The summed E-state index contributed by atoms with van der Waals surface area (Å²) in [5.41, 5.74) is 8.91. The molecule has 3 heterocycles. The van der Waals surface area contributed by atoms with Gasteiger partial charge in [-0.2, -0.15) is 10.1 Å². The summed E-state index contributed by atoms with van der Waals surface area (Å²) in [6.07, 6.45) is 9.83. The Labute approximate surface area is 169 Å². The highest BCUT2D eigenvalue weighted by atomic mass is 16.7. The number of nitrogens with two attached hydrogens (primary N) is 1. The molecule has 1 aromatic carbocycles. The molecule has 2 aromatic heterocycles. The maximum Gasteiger partial charge on any atom is 0.222 e. The zero-order chi connectivity index (χ0) is 19.6. The summed E-state index contributed by atoms with van der Waals surface area (Å²) in [7, 11) is 0. The summed E-state index contributed by atoms with van der Waals surface area (Å²) in [4.78, 5) is 8.92. The second-order valence-electron chi connectivity index (χ2n) is 7.76. The third-order valence-electron chi connectivity index (χ3n) is 5.65. The fraction of sp³-hybridized carbons (Fsp3) is 0.476. The minimum absolute atomic E-state index is 0.220. The van der Waals surface area contributed by atoms with E-state index in [1.54, 1.807) is 0 Å². The Bertz CT molecular complexity index is 992. The molecule has 2 aliphatic rings.